The maximum Gasteiger partial charge on any atom is 0.337 e. The summed E-state index contributed by atoms with van der Waals surface area (Å²) in [7, 11) is 1.35. The predicted octanol–water partition coefficient (Wildman–Crippen LogP) is 7.04. The van der Waals surface area contributed by atoms with Gasteiger partial charge in [0.2, 0.25) is 0 Å². The van der Waals surface area contributed by atoms with Crippen molar-refractivity contribution in [2.24, 2.45) is 0 Å². The number of carbonyl (C=O) groups is 2. The summed E-state index contributed by atoms with van der Waals surface area (Å²) >= 11 is 0. The normalized spacial score (nSPS) is 17.8. The van der Waals surface area contributed by atoms with Crippen LogP contribution in [0.4, 0.5) is 0 Å². The molecule has 0 saturated heterocycles. The van der Waals surface area contributed by atoms with Crippen molar-refractivity contribution in [1.29, 1.82) is 0 Å². The van der Waals surface area contributed by atoms with E-state index in [9.17, 15) is 14.7 Å². The summed E-state index contributed by atoms with van der Waals surface area (Å²) in [6.45, 7) is 11.4. The molecule has 0 saturated carbocycles. The Balaban J connectivity index is 1.93. The molecular weight excluding hydrogens is 424 g/mol. The Morgan fingerprint density at radius 2 is 1.68 bits per heavy atom. The van der Waals surface area contributed by atoms with Crippen LogP contribution in [-0.4, -0.2) is 24.2 Å². The van der Waals surface area contributed by atoms with Crippen LogP contribution in [0.15, 0.2) is 60.7 Å². The standard InChI is InChI=1S/C30H36O4/c1-20(22-12-14-25-26(19-22)30(4,5)17-16-29(25,2)3)10-11-21(13-15-27(31)32)23-8-7-9-24(18-23)28(33)34-6/h7-10,12-15,18-19,21H,11,16-17H2,1-6H3,(H,31,32)/b15-13-,20-10+. The number of fused-ring (bicyclic) bond motifs is 1. The van der Waals surface area contributed by atoms with Crippen molar-refractivity contribution in [1.82, 2.24) is 0 Å². The monoisotopic (exact) mass is 460 g/mol. The molecule has 34 heavy (non-hydrogen) atoms. The highest BCUT2D eigenvalue weighted by molar-refractivity contribution is 5.89. The number of carboxylic acid groups (broad SMARTS) is 1. The van der Waals surface area contributed by atoms with Crippen LogP contribution in [0.3, 0.4) is 0 Å². The maximum atomic E-state index is 12.0. The van der Waals surface area contributed by atoms with E-state index in [-0.39, 0.29) is 16.7 Å². The molecule has 0 aromatic heterocycles. The second-order valence-corrected chi connectivity index (χ2v) is 10.6. The van der Waals surface area contributed by atoms with Gasteiger partial charge in [-0.2, -0.15) is 0 Å². The number of carbonyl (C=O) groups excluding carboxylic acids is 1. The summed E-state index contributed by atoms with van der Waals surface area (Å²) in [6.07, 6.45) is 7.97. The van der Waals surface area contributed by atoms with Crippen LogP contribution in [0.5, 0.6) is 0 Å². The fourth-order valence-corrected chi connectivity index (χ4v) is 4.79. The molecule has 1 aliphatic rings. The molecule has 180 valence electrons. The van der Waals surface area contributed by atoms with Crippen molar-refractivity contribution in [3.63, 3.8) is 0 Å². The number of ether oxygens (including phenoxy) is 1. The maximum absolute atomic E-state index is 12.0. The van der Waals surface area contributed by atoms with Crippen LogP contribution in [0.2, 0.25) is 0 Å². The van der Waals surface area contributed by atoms with Crippen LogP contribution >= 0.6 is 0 Å². The van der Waals surface area contributed by atoms with Crippen molar-refractivity contribution < 1.29 is 19.4 Å². The summed E-state index contributed by atoms with van der Waals surface area (Å²) < 4.78 is 4.84. The van der Waals surface area contributed by atoms with E-state index in [1.165, 1.54) is 36.3 Å². The van der Waals surface area contributed by atoms with E-state index >= 15 is 0 Å². The Hall–Kier alpha value is -3.14. The number of benzene rings is 2. The number of hydrogen-bond donors (Lipinski definition) is 1. The van der Waals surface area contributed by atoms with Crippen molar-refractivity contribution in [3.8, 4) is 0 Å². The quantitative estimate of drug-likeness (QED) is 0.355. The minimum absolute atomic E-state index is 0.141. The topological polar surface area (TPSA) is 63.6 Å². The molecule has 0 bridgehead atoms. The molecule has 1 unspecified atom stereocenters. The first-order chi connectivity index (χ1) is 15.9. The molecule has 0 amide bonds. The highest BCUT2D eigenvalue weighted by Gasteiger charge is 2.36. The van der Waals surface area contributed by atoms with Crippen LogP contribution in [0.1, 0.15) is 92.4 Å². The number of aliphatic carboxylic acids is 1. The van der Waals surface area contributed by atoms with Crippen LogP contribution in [-0.2, 0) is 20.4 Å². The molecular formula is C30H36O4. The molecule has 0 aliphatic heterocycles. The zero-order valence-corrected chi connectivity index (χ0v) is 21.1. The second kappa shape index (κ2) is 10.0. The van der Waals surface area contributed by atoms with Crippen molar-refractivity contribution in [3.05, 3.63) is 88.5 Å². The summed E-state index contributed by atoms with van der Waals surface area (Å²) in [5.41, 5.74) is 6.84. The summed E-state index contributed by atoms with van der Waals surface area (Å²) in [5.74, 6) is -1.58. The van der Waals surface area contributed by atoms with Gasteiger partial charge in [-0.3, -0.25) is 0 Å². The van der Waals surface area contributed by atoms with Crippen molar-refractivity contribution >= 4 is 17.5 Å². The minimum atomic E-state index is -0.991. The van der Waals surface area contributed by atoms with E-state index in [0.29, 0.717) is 12.0 Å². The first-order valence-corrected chi connectivity index (χ1v) is 11.9. The number of hydrogen-bond acceptors (Lipinski definition) is 3. The van der Waals surface area contributed by atoms with E-state index < -0.39 is 11.9 Å². The Morgan fingerprint density at radius 3 is 2.32 bits per heavy atom. The third-order valence-electron chi connectivity index (χ3n) is 7.19. The van der Waals surface area contributed by atoms with Crippen LogP contribution in [0, 0.1) is 0 Å². The van der Waals surface area contributed by atoms with E-state index in [0.717, 1.165) is 17.6 Å². The zero-order chi connectivity index (χ0) is 25.1. The molecule has 2 aromatic carbocycles. The summed E-state index contributed by atoms with van der Waals surface area (Å²) in [6, 6.07) is 14.0. The second-order valence-electron chi connectivity index (χ2n) is 10.6. The average Bonchev–Trinajstić information content (AvgIpc) is 2.81. The first kappa shape index (κ1) is 25.5. The highest BCUT2D eigenvalue weighted by atomic mass is 16.5. The molecule has 0 spiro atoms. The van der Waals surface area contributed by atoms with E-state index in [2.05, 4.69) is 58.9 Å². The largest absolute Gasteiger partial charge is 0.478 e. The van der Waals surface area contributed by atoms with Gasteiger partial charge in [0.15, 0.2) is 0 Å². The molecule has 1 atom stereocenters. The van der Waals surface area contributed by atoms with Gasteiger partial charge < -0.3 is 9.84 Å². The highest BCUT2D eigenvalue weighted by Crippen LogP contribution is 2.46. The van der Waals surface area contributed by atoms with E-state index in [4.69, 9.17) is 4.74 Å². The smallest absolute Gasteiger partial charge is 0.337 e. The molecule has 3 rings (SSSR count). The lowest BCUT2D eigenvalue weighted by Crippen LogP contribution is -2.33. The van der Waals surface area contributed by atoms with Gasteiger partial charge in [0.25, 0.3) is 0 Å². The molecule has 0 heterocycles. The molecule has 1 N–H and O–H groups in total. The number of esters is 1. The summed E-state index contributed by atoms with van der Waals surface area (Å²) in [4.78, 5) is 23.2. The van der Waals surface area contributed by atoms with Gasteiger partial charge in [0.1, 0.15) is 0 Å². The number of rotatable bonds is 7. The lowest BCUT2D eigenvalue weighted by atomic mass is 9.63. The van der Waals surface area contributed by atoms with Crippen molar-refractivity contribution in [2.75, 3.05) is 7.11 Å². The lowest BCUT2D eigenvalue weighted by Gasteiger charge is -2.42. The number of carboxylic acids is 1. The first-order valence-electron chi connectivity index (χ1n) is 11.9. The van der Waals surface area contributed by atoms with E-state index in [1.807, 2.05) is 6.07 Å². The fourth-order valence-electron chi connectivity index (χ4n) is 4.79. The zero-order valence-electron chi connectivity index (χ0n) is 21.1. The Morgan fingerprint density at radius 1 is 1.00 bits per heavy atom. The number of allylic oxidation sites excluding steroid dienone is 3. The Kier molecular flexibility index (Phi) is 7.50. The fraction of sp³-hybridized carbons (Fsp3) is 0.400. The number of methoxy groups -OCH3 is 1. The lowest BCUT2D eigenvalue weighted by molar-refractivity contribution is -0.131. The molecule has 4 nitrogen and oxygen atoms in total. The van der Waals surface area contributed by atoms with Gasteiger partial charge in [-0.15, -0.1) is 0 Å². The SMILES string of the molecule is COC(=O)c1cccc(C(/C=C\C(=O)O)C/C=C(\C)c2ccc3c(c2)C(C)(C)CCC3(C)C)c1. The van der Waals surface area contributed by atoms with E-state index in [1.54, 1.807) is 24.3 Å². The van der Waals surface area contributed by atoms with Gasteiger partial charge in [0, 0.05) is 12.0 Å². The van der Waals surface area contributed by atoms with Gasteiger partial charge in [-0.1, -0.05) is 70.2 Å². The Labute approximate surface area is 203 Å². The van der Waals surface area contributed by atoms with Gasteiger partial charge in [-0.25, -0.2) is 9.59 Å². The molecule has 1 aliphatic carbocycles. The molecule has 0 radical (unpaired) electrons. The summed E-state index contributed by atoms with van der Waals surface area (Å²) in [5, 5.41) is 9.17. The van der Waals surface area contributed by atoms with Crippen molar-refractivity contribution in [2.45, 2.75) is 70.6 Å². The van der Waals surface area contributed by atoms with Crippen LogP contribution in [0.25, 0.3) is 5.57 Å². The van der Waals surface area contributed by atoms with Gasteiger partial charge >= 0.3 is 11.9 Å². The predicted molar refractivity (Wildman–Crippen MR) is 137 cm³/mol. The van der Waals surface area contributed by atoms with Gasteiger partial charge in [0.05, 0.1) is 12.7 Å². The van der Waals surface area contributed by atoms with Crippen LogP contribution < -0.4 is 0 Å². The van der Waals surface area contributed by atoms with Gasteiger partial charge in [-0.05, 0) is 77.0 Å². The molecule has 2 aromatic rings. The third-order valence-corrected chi connectivity index (χ3v) is 7.19. The Bertz CT molecular complexity index is 1130. The minimum Gasteiger partial charge on any atom is -0.478 e. The molecule has 4 heteroatoms. The molecule has 0 fully saturated rings. The third kappa shape index (κ3) is 5.67. The average molecular weight is 461 g/mol.